The number of pyridine rings is 1. The Labute approximate surface area is 182 Å². The molecule has 2 aliphatic rings. The molecule has 2 aromatic heterocycles. The number of nitrogens with one attached hydrogen (secondary N) is 3. The second-order valence-corrected chi connectivity index (χ2v) is 7.58. The number of carbonyl (C=O) groups excluding carboxylic acids is 2. The summed E-state index contributed by atoms with van der Waals surface area (Å²) < 4.78 is 23.9. The van der Waals surface area contributed by atoms with Gasteiger partial charge in [-0.05, 0) is 25.0 Å². The van der Waals surface area contributed by atoms with Crippen molar-refractivity contribution in [3.63, 3.8) is 0 Å². The molecule has 0 saturated heterocycles. The summed E-state index contributed by atoms with van der Waals surface area (Å²) >= 11 is 0. The molecule has 31 heavy (non-hydrogen) atoms. The third-order valence-corrected chi connectivity index (χ3v) is 5.35. The van der Waals surface area contributed by atoms with Crippen LogP contribution >= 0.6 is 0 Å². The van der Waals surface area contributed by atoms with E-state index in [2.05, 4.69) is 25.7 Å². The van der Waals surface area contributed by atoms with E-state index in [-0.39, 0.29) is 23.2 Å². The number of aromatic nitrogens is 4. The molecule has 0 radical (unpaired) electrons. The Morgan fingerprint density at radius 1 is 1.23 bits per heavy atom. The second kappa shape index (κ2) is 7.38. The van der Waals surface area contributed by atoms with E-state index in [0.29, 0.717) is 17.9 Å². The molecule has 5 rings (SSSR count). The average molecular weight is 421 g/mol. The molecule has 0 atom stereocenters. The van der Waals surface area contributed by atoms with Crippen molar-refractivity contribution in [1.82, 2.24) is 25.1 Å². The molecule has 1 fully saturated rings. The minimum atomic E-state index is -2.66. The molecule has 3 N–H and O–H groups in total. The van der Waals surface area contributed by atoms with E-state index in [4.69, 9.17) is 4.11 Å². The van der Waals surface area contributed by atoms with Crippen LogP contribution in [0, 0.1) is 5.92 Å². The zero-order valence-corrected chi connectivity index (χ0v) is 16.7. The van der Waals surface area contributed by atoms with E-state index in [0.717, 1.165) is 30.0 Å². The normalized spacial score (nSPS) is 16.3. The summed E-state index contributed by atoms with van der Waals surface area (Å²) in [5, 5.41) is 12.3. The van der Waals surface area contributed by atoms with Gasteiger partial charge >= 0.3 is 0 Å². The molecule has 0 spiro atoms. The van der Waals surface area contributed by atoms with Gasteiger partial charge in [-0.15, -0.1) is 0 Å². The van der Waals surface area contributed by atoms with E-state index in [1.165, 1.54) is 18.6 Å². The number of fused-ring (bicyclic) bond motifs is 3. The number of nitrogens with zero attached hydrogens (tertiary/aromatic N) is 5. The minimum Gasteiger partial charge on any atom is -0.364 e. The average Bonchev–Trinajstić information content (AvgIpc) is 3.51. The van der Waals surface area contributed by atoms with Gasteiger partial charge in [0.1, 0.15) is 12.1 Å². The second-order valence-electron chi connectivity index (χ2n) is 7.58. The molecule has 1 aromatic carbocycles. The number of benzene rings is 1. The fourth-order valence-electron chi connectivity index (χ4n) is 3.66. The number of carbonyl (C=O) groups is 2. The Kier molecular flexibility index (Phi) is 3.77. The Hall–Kier alpha value is -3.95. The maximum Gasteiger partial charge on any atom is 0.254 e. The fourth-order valence-corrected chi connectivity index (χ4v) is 3.66. The molecule has 3 aromatic rings. The Morgan fingerprint density at radius 2 is 2.10 bits per heavy atom. The highest BCUT2D eigenvalue weighted by atomic mass is 16.2. The van der Waals surface area contributed by atoms with Gasteiger partial charge in [-0.3, -0.25) is 9.59 Å². The molecule has 0 unspecified atom stereocenters. The van der Waals surface area contributed by atoms with E-state index >= 15 is 0 Å². The molecule has 1 aliphatic heterocycles. The first-order valence-electron chi connectivity index (χ1n) is 11.3. The number of para-hydroxylation sites is 1. The summed E-state index contributed by atoms with van der Waals surface area (Å²) in [6.45, 7) is -2.14. The SMILES string of the molecule is [2H]C([2H])([2H])NC(=O)c1cnc(NC(=O)C2CC2)cc1Nc1cccc2c1N(C)Cc1ncnn1-2. The summed E-state index contributed by atoms with van der Waals surface area (Å²) in [5.41, 5.74) is 2.61. The van der Waals surface area contributed by atoms with E-state index in [1.54, 1.807) is 4.68 Å². The Bertz CT molecular complexity index is 1290. The van der Waals surface area contributed by atoms with Crippen LogP contribution in [-0.4, -0.2) is 45.6 Å². The summed E-state index contributed by atoms with van der Waals surface area (Å²) in [6.07, 6.45) is 4.42. The number of amides is 2. The zero-order valence-electron chi connectivity index (χ0n) is 19.7. The molecule has 158 valence electrons. The Morgan fingerprint density at radius 3 is 2.90 bits per heavy atom. The van der Waals surface area contributed by atoms with Crippen LogP contribution in [0.3, 0.4) is 0 Å². The fraction of sp³-hybridized carbons (Fsp3) is 0.286. The molecular formula is C21H22N8O2. The first-order valence-corrected chi connectivity index (χ1v) is 9.83. The molecular weight excluding hydrogens is 396 g/mol. The van der Waals surface area contributed by atoms with Crippen molar-refractivity contribution in [1.29, 1.82) is 0 Å². The highest BCUT2D eigenvalue weighted by Gasteiger charge is 2.30. The maximum atomic E-state index is 12.7. The monoisotopic (exact) mass is 421 g/mol. The first kappa shape index (κ1) is 15.8. The van der Waals surface area contributed by atoms with Crippen molar-refractivity contribution in [3.05, 3.63) is 48.2 Å². The zero-order chi connectivity index (χ0) is 24.0. The third-order valence-electron chi connectivity index (χ3n) is 5.35. The quantitative estimate of drug-likeness (QED) is 0.577. The van der Waals surface area contributed by atoms with Crippen molar-refractivity contribution in [2.75, 3.05) is 29.6 Å². The van der Waals surface area contributed by atoms with Crippen molar-refractivity contribution in [2.45, 2.75) is 19.4 Å². The van der Waals surface area contributed by atoms with Crippen LogP contribution in [0.5, 0.6) is 0 Å². The van der Waals surface area contributed by atoms with Crippen molar-refractivity contribution < 1.29 is 13.7 Å². The van der Waals surface area contributed by atoms with E-state index in [9.17, 15) is 9.59 Å². The predicted molar refractivity (Wildman–Crippen MR) is 116 cm³/mol. The summed E-state index contributed by atoms with van der Waals surface area (Å²) in [6, 6.07) is 7.11. The molecule has 10 nitrogen and oxygen atoms in total. The number of anilines is 4. The molecule has 1 aliphatic carbocycles. The molecule has 2 amide bonds. The van der Waals surface area contributed by atoms with Gasteiger partial charge in [0.2, 0.25) is 5.91 Å². The topological polar surface area (TPSA) is 117 Å². The van der Waals surface area contributed by atoms with E-state index in [1.807, 2.05) is 35.5 Å². The van der Waals surface area contributed by atoms with Crippen LogP contribution in [-0.2, 0) is 11.3 Å². The third kappa shape index (κ3) is 3.45. The van der Waals surface area contributed by atoms with E-state index < -0.39 is 12.9 Å². The van der Waals surface area contributed by atoms with Crippen molar-refractivity contribution in [2.24, 2.45) is 5.92 Å². The largest absolute Gasteiger partial charge is 0.364 e. The summed E-state index contributed by atoms with van der Waals surface area (Å²) in [7, 11) is 1.91. The maximum absolute atomic E-state index is 12.7. The molecule has 1 saturated carbocycles. The van der Waals surface area contributed by atoms with Crippen LogP contribution in [0.2, 0.25) is 0 Å². The van der Waals surface area contributed by atoms with Gasteiger partial charge in [-0.25, -0.2) is 14.6 Å². The van der Waals surface area contributed by atoms with Crippen LogP contribution in [0.1, 0.15) is 33.1 Å². The lowest BCUT2D eigenvalue weighted by Gasteiger charge is -2.30. The standard InChI is InChI=1S/C21H22N8O2/c1-22-21(31)13-9-23-17(27-20(30)12-6-7-12)8-15(13)26-14-4-3-5-16-19(14)28(2)10-18-24-11-25-29(16)18/h3-5,8-9,11-12H,6-7,10H2,1-2H3,(H,22,31)(H2,23,26,27,30)/i1D3. The number of hydrogen-bond acceptors (Lipinski definition) is 7. The van der Waals surface area contributed by atoms with Gasteiger partial charge < -0.3 is 20.9 Å². The first-order chi connectivity index (χ1) is 16.2. The highest BCUT2D eigenvalue weighted by Crippen LogP contribution is 2.38. The lowest BCUT2D eigenvalue weighted by Crippen LogP contribution is -2.27. The van der Waals surface area contributed by atoms with Crippen LogP contribution in [0.15, 0.2) is 36.8 Å². The van der Waals surface area contributed by atoms with Crippen LogP contribution < -0.4 is 20.9 Å². The predicted octanol–water partition coefficient (Wildman–Crippen LogP) is 2.06. The summed E-state index contributed by atoms with van der Waals surface area (Å²) in [5.74, 6) is 0.0873. The summed E-state index contributed by atoms with van der Waals surface area (Å²) in [4.78, 5) is 35.4. The highest BCUT2D eigenvalue weighted by molar-refractivity contribution is 6.02. The lowest BCUT2D eigenvalue weighted by atomic mass is 10.1. The minimum absolute atomic E-state index is 0.0246. The van der Waals surface area contributed by atoms with Crippen LogP contribution in [0.4, 0.5) is 22.9 Å². The number of rotatable bonds is 5. The van der Waals surface area contributed by atoms with Gasteiger partial charge in [0.25, 0.3) is 5.91 Å². The smallest absolute Gasteiger partial charge is 0.254 e. The molecule has 0 bridgehead atoms. The Balaban J connectivity index is 1.54. The van der Waals surface area contributed by atoms with Gasteiger partial charge in [-0.1, -0.05) is 6.07 Å². The van der Waals surface area contributed by atoms with Gasteiger partial charge in [0.05, 0.1) is 34.9 Å². The lowest BCUT2D eigenvalue weighted by molar-refractivity contribution is -0.117. The molecule has 10 heteroatoms. The van der Waals surface area contributed by atoms with Gasteiger partial charge in [-0.2, -0.15) is 5.10 Å². The molecule has 3 heterocycles. The van der Waals surface area contributed by atoms with Crippen molar-refractivity contribution >= 4 is 34.7 Å². The van der Waals surface area contributed by atoms with Gasteiger partial charge in [0.15, 0.2) is 5.82 Å². The van der Waals surface area contributed by atoms with Crippen LogP contribution in [0.25, 0.3) is 5.69 Å². The van der Waals surface area contributed by atoms with Gasteiger partial charge in [0, 0.05) is 36.3 Å². The van der Waals surface area contributed by atoms with Crippen molar-refractivity contribution in [3.8, 4) is 5.69 Å². The number of hydrogen-bond donors (Lipinski definition) is 3.